The maximum Gasteiger partial charge on any atom is 0.358 e. The first-order valence-electron chi connectivity index (χ1n) is 5.64. The van der Waals surface area contributed by atoms with E-state index in [1.807, 2.05) is 0 Å². The predicted molar refractivity (Wildman–Crippen MR) is 66.7 cm³/mol. The fraction of sp³-hybridized carbons (Fsp3) is 0.143. The van der Waals surface area contributed by atoms with E-state index in [9.17, 15) is 9.18 Å². The zero-order valence-electron chi connectivity index (χ0n) is 10.3. The predicted octanol–water partition coefficient (Wildman–Crippen LogP) is 2.81. The number of ether oxygens (including phenoxy) is 1. The first-order chi connectivity index (χ1) is 9.06. The van der Waals surface area contributed by atoms with Gasteiger partial charge in [-0.2, -0.15) is 0 Å². The number of halogens is 1. The van der Waals surface area contributed by atoms with Gasteiger partial charge in [-0.3, -0.25) is 0 Å². The number of carboxylic acids is 1. The fourth-order valence-electron chi connectivity index (χ4n) is 1.56. The molecular weight excluding hydrogens is 249 g/mol. The third kappa shape index (κ3) is 3.28. The maximum atomic E-state index is 12.7. The highest BCUT2D eigenvalue weighted by Crippen LogP contribution is 2.18. The molecular formula is C14H12FNO3. The summed E-state index contributed by atoms with van der Waals surface area (Å²) in [7, 11) is 0. The first-order valence-corrected chi connectivity index (χ1v) is 5.64. The molecule has 0 unspecified atom stereocenters. The number of aromatic nitrogens is 1. The van der Waals surface area contributed by atoms with Crippen molar-refractivity contribution in [2.75, 3.05) is 0 Å². The van der Waals surface area contributed by atoms with Gasteiger partial charge in [0, 0.05) is 5.69 Å². The van der Waals surface area contributed by atoms with Gasteiger partial charge in [-0.25, -0.2) is 14.2 Å². The van der Waals surface area contributed by atoms with Crippen LogP contribution in [0.15, 0.2) is 36.4 Å². The molecule has 2 rings (SSSR count). The van der Waals surface area contributed by atoms with Crippen molar-refractivity contribution in [3.63, 3.8) is 0 Å². The van der Waals surface area contributed by atoms with Crippen LogP contribution < -0.4 is 4.74 Å². The van der Waals surface area contributed by atoms with Crippen molar-refractivity contribution in [3.8, 4) is 5.75 Å². The molecule has 1 aromatic carbocycles. The van der Waals surface area contributed by atoms with Crippen LogP contribution in [0.2, 0.25) is 0 Å². The second-order valence-electron chi connectivity index (χ2n) is 4.02. The number of carboxylic acid groups (broad SMARTS) is 1. The van der Waals surface area contributed by atoms with Crippen LogP contribution in [-0.4, -0.2) is 16.1 Å². The summed E-state index contributed by atoms with van der Waals surface area (Å²) < 4.78 is 18.1. The summed E-state index contributed by atoms with van der Waals surface area (Å²) >= 11 is 0. The van der Waals surface area contributed by atoms with Gasteiger partial charge >= 0.3 is 5.97 Å². The lowest BCUT2D eigenvalue weighted by Gasteiger charge is -2.09. The number of aromatic carboxylic acids is 1. The van der Waals surface area contributed by atoms with Crippen LogP contribution in [0.3, 0.4) is 0 Å². The van der Waals surface area contributed by atoms with E-state index < -0.39 is 5.97 Å². The van der Waals surface area contributed by atoms with Crippen LogP contribution in [-0.2, 0) is 6.61 Å². The quantitative estimate of drug-likeness (QED) is 0.919. The maximum absolute atomic E-state index is 12.7. The highest BCUT2D eigenvalue weighted by Gasteiger charge is 2.13. The number of pyridine rings is 1. The number of benzene rings is 1. The van der Waals surface area contributed by atoms with Gasteiger partial charge in [0.25, 0.3) is 0 Å². The molecule has 98 valence electrons. The number of aryl methyl sites for hydroxylation is 1. The Morgan fingerprint density at radius 1 is 1.26 bits per heavy atom. The van der Waals surface area contributed by atoms with Gasteiger partial charge in [-0.15, -0.1) is 0 Å². The Kier molecular flexibility index (Phi) is 3.75. The second kappa shape index (κ2) is 5.48. The molecule has 2 aromatic rings. The SMILES string of the molecule is Cc1ccc(OCc2ccc(F)cc2)c(C(=O)O)n1. The van der Waals surface area contributed by atoms with Crippen molar-refractivity contribution in [2.24, 2.45) is 0 Å². The third-order valence-electron chi connectivity index (χ3n) is 2.51. The van der Waals surface area contributed by atoms with Crippen LogP contribution in [0.5, 0.6) is 5.75 Å². The van der Waals surface area contributed by atoms with Gasteiger partial charge < -0.3 is 9.84 Å². The number of hydrogen-bond donors (Lipinski definition) is 1. The van der Waals surface area contributed by atoms with Crippen LogP contribution in [0, 0.1) is 12.7 Å². The van der Waals surface area contributed by atoms with E-state index in [0.29, 0.717) is 5.69 Å². The average molecular weight is 261 g/mol. The van der Waals surface area contributed by atoms with Crippen LogP contribution >= 0.6 is 0 Å². The molecule has 0 radical (unpaired) electrons. The molecule has 0 spiro atoms. The lowest BCUT2D eigenvalue weighted by Crippen LogP contribution is -2.06. The van der Waals surface area contributed by atoms with Gasteiger partial charge in [-0.1, -0.05) is 12.1 Å². The number of carbonyl (C=O) groups is 1. The average Bonchev–Trinajstić information content (AvgIpc) is 2.39. The minimum Gasteiger partial charge on any atom is -0.486 e. The first kappa shape index (κ1) is 13.0. The molecule has 0 aliphatic rings. The van der Waals surface area contributed by atoms with E-state index in [-0.39, 0.29) is 23.9 Å². The van der Waals surface area contributed by atoms with Gasteiger partial charge in [0.1, 0.15) is 12.4 Å². The molecule has 4 nitrogen and oxygen atoms in total. The van der Waals surface area contributed by atoms with Crippen molar-refractivity contribution in [1.82, 2.24) is 4.98 Å². The molecule has 0 aliphatic heterocycles. The standard InChI is InChI=1S/C14H12FNO3/c1-9-2-7-12(13(16-9)14(17)18)19-8-10-3-5-11(15)6-4-10/h2-7H,8H2,1H3,(H,17,18). The summed E-state index contributed by atoms with van der Waals surface area (Å²) in [6.07, 6.45) is 0. The van der Waals surface area contributed by atoms with E-state index in [0.717, 1.165) is 5.56 Å². The van der Waals surface area contributed by atoms with Gasteiger partial charge in [0.2, 0.25) is 0 Å². The monoisotopic (exact) mass is 261 g/mol. The molecule has 0 atom stereocenters. The van der Waals surface area contributed by atoms with Gasteiger partial charge in [0.15, 0.2) is 11.4 Å². The van der Waals surface area contributed by atoms with Crippen LogP contribution in [0.4, 0.5) is 4.39 Å². The highest BCUT2D eigenvalue weighted by atomic mass is 19.1. The normalized spacial score (nSPS) is 10.2. The largest absolute Gasteiger partial charge is 0.486 e. The van der Waals surface area contributed by atoms with Crippen molar-refractivity contribution in [3.05, 3.63) is 59.2 Å². The van der Waals surface area contributed by atoms with Crippen LogP contribution in [0.1, 0.15) is 21.7 Å². The number of nitrogens with zero attached hydrogens (tertiary/aromatic N) is 1. The minimum atomic E-state index is -1.14. The minimum absolute atomic E-state index is 0.123. The molecule has 0 aliphatic carbocycles. The Morgan fingerprint density at radius 3 is 2.58 bits per heavy atom. The molecule has 0 saturated heterocycles. The van der Waals surface area contributed by atoms with E-state index >= 15 is 0 Å². The molecule has 1 aromatic heterocycles. The molecule has 5 heteroatoms. The lowest BCUT2D eigenvalue weighted by atomic mass is 10.2. The summed E-state index contributed by atoms with van der Waals surface area (Å²) in [5, 5.41) is 9.03. The van der Waals surface area contributed by atoms with Gasteiger partial charge in [0.05, 0.1) is 0 Å². The third-order valence-corrected chi connectivity index (χ3v) is 2.51. The molecule has 0 amide bonds. The number of rotatable bonds is 4. The number of hydrogen-bond acceptors (Lipinski definition) is 3. The zero-order valence-corrected chi connectivity index (χ0v) is 10.3. The van der Waals surface area contributed by atoms with Crippen molar-refractivity contribution < 1.29 is 19.0 Å². The van der Waals surface area contributed by atoms with Crippen LogP contribution in [0.25, 0.3) is 0 Å². The summed E-state index contributed by atoms with van der Waals surface area (Å²) in [5.74, 6) is -1.27. The Balaban J connectivity index is 2.15. The van der Waals surface area contributed by atoms with Crippen molar-refractivity contribution in [2.45, 2.75) is 13.5 Å². The Labute approximate surface area is 109 Å². The van der Waals surface area contributed by atoms with E-state index in [2.05, 4.69) is 4.98 Å². The summed E-state index contributed by atoms with van der Waals surface area (Å²) in [6.45, 7) is 1.86. The summed E-state index contributed by atoms with van der Waals surface area (Å²) in [6, 6.07) is 9.05. The smallest absolute Gasteiger partial charge is 0.358 e. The molecule has 0 saturated carbocycles. The fourth-order valence-corrected chi connectivity index (χ4v) is 1.56. The molecule has 1 heterocycles. The van der Waals surface area contributed by atoms with E-state index in [1.54, 1.807) is 31.2 Å². The Bertz CT molecular complexity index is 596. The molecule has 1 N–H and O–H groups in total. The summed E-state index contributed by atoms with van der Waals surface area (Å²) in [5.41, 5.74) is 1.23. The molecule has 19 heavy (non-hydrogen) atoms. The van der Waals surface area contributed by atoms with E-state index in [4.69, 9.17) is 9.84 Å². The topological polar surface area (TPSA) is 59.4 Å². The highest BCUT2D eigenvalue weighted by molar-refractivity contribution is 5.88. The zero-order chi connectivity index (χ0) is 13.8. The van der Waals surface area contributed by atoms with E-state index in [1.165, 1.54) is 12.1 Å². The summed E-state index contributed by atoms with van der Waals surface area (Å²) in [4.78, 5) is 15.0. The Morgan fingerprint density at radius 2 is 1.95 bits per heavy atom. The molecule has 0 bridgehead atoms. The Hall–Kier alpha value is -2.43. The second-order valence-corrected chi connectivity index (χ2v) is 4.02. The lowest BCUT2D eigenvalue weighted by molar-refractivity contribution is 0.0684. The van der Waals surface area contributed by atoms with Crippen molar-refractivity contribution in [1.29, 1.82) is 0 Å². The molecule has 0 fully saturated rings. The van der Waals surface area contributed by atoms with Crippen molar-refractivity contribution >= 4 is 5.97 Å². The van der Waals surface area contributed by atoms with Gasteiger partial charge in [-0.05, 0) is 36.8 Å².